The van der Waals surface area contributed by atoms with E-state index in [-0.39, 0.29) is 25.2 Å². The standard InChI is InChI=1S/C28H43N7O6/c1-3-16(2)24(35-25(37)19(30)9-6-7-13-29)27(39)34-22(14-17-15-32-20-10-5-4-8-18(17)20)26(38)33-21(28(40)41)11-12-23(31)36/h4-5,8,10,15-16,19,21-22,24,32H,3,6-7,9,11-14,29-30H2,1-2H3,(H2,31,36)(H,33,38)(H,34,39)(H,35,37)(H,40,41). The Balaban J connectivity index is 2.30. The number of carboxylic acid groups (broad SMARTS) is 1. The summed E-state index contributed by atoms with van der Waals surface area (Å²) in [5, 5.41) is 18.3. The zero-order valence-corrected chi connectivity index (χ0v) is 23.7. The molecule has 5 unspecified atom stereocenters. The quantitative estimate of drug-likeness (QED) is 0.113. The number of nitrogens with one attached hydrogen (secondary N) is 4. The molecule has 13 nitrogen and oxygen atoms in total. The summed E-state index contributed by atoms with van der Waals surface area (Å²) in [5.41, 5.74) is 18.2. The first-order valence-corrected chi connectivity index (χ1v) is 13.9. The van der Waals surface area contributed by atoms with E-state index in [1.54, 1.807) is 13.1 Å². The normalized spacial score (nSPS) is 14.8. The maximum Gasteiger partial charge on any atom is 0.326 e. The molecule has 0 aliphatic carbocycles. The molecule has 2 rings (SSSR count). The van der Waals surface area contributed by atoms with Gasteiger partial charge in [-0.25, -0.2) is 4.79 Å². The molecule has 1 aromatic heterocycles. The Hall–Kier alpha value is -3.97. The van der Waals surface area contributed by atoms with Gasteiger partial charge < -0.3 is 43.2 Å². The molecule has 41 heavy (non-hydrogen) atoms. The zero-order valence-electron chi connectivity index (χ0n) is 23.7. The number of para-hydroxylation sites is 1. The number of aromatic nitrogens is 1. The number of nitrogens with two attached hydrogens (primary N) is 3. The second-order valence-corrected chi connectivity index (χ2v) is 10.3. The molecule has 0 saturated carbocycles. The van der Waals surface area contributed by atoms with Crippen LogP contribution in [-0.2, 0) is 30.4 Å². The first-order chi connectivity index (χ1) is 19.5. The molecule has 0 radical (unpaired) electrons. The van der Waals surface area contributed by atoms with Gasteiger partial charge in [0.15, 0.2) is 0 Å². The van der Waals surface area contributed by atoms with E-state index < -0.39 is 53.8 Å². The van der Waals surface area contributed by atoms with Crippen LogP contribution in [0.5, 0.6) is 0 Å². The highest BCUT2D eigenvalue weighted by Gasteiger charge is 2.33. The van der Waals surface area contributed by atoms with Gasteiger partial charge >= 0.3 is 5.97 Å². The van der Waals surface area contributed by atoms with E-state index in [1.165, 1.54) is 0 Å². The Morgan fingerprint density at radius 1 is 0.951 bits per heavy atom. The van der Waals surface area contributed by atoms with E-state index in [9.17, 15) is 29.1 Å². The topological polar surface area (TPSA) is 236 Å². The van der Waals surface area contributed by atoms with Crippen molar-refractivity contribution >= 4 is 40.5 Å². The number of primary amides is 1. The van der Waals surface area contributed by atoms with Crippen molar-refractivity contribution in [3.8, 4) is 0 Å². The summed E-state index contributed by atoms with van der Waals surface area (Å²) in [7, 11) is 0. The van der Waals surface area contributed by atoms with E-state index in [0.29, 0.717) is 25.8 Å². The molecular formula is C28H43N7O6. The molecule has 0 aliphatic heterocycles. The van der Waals surface area contributed by atoms with E-state index in [1.807, 2.05) is 31.2 Å². The highest BCUT2D eigenvalue weighted by atomic mass is 16.4. The molecule has 5 atom stereocenters. The number of hydrogen-bond donors (Lipinski definition) is 8. The lowest BCUT2D eigenvalue weighted by Crippen LogP contribution is -2.59. The first kappa shape index (κ1) is 33.2. The summed E-state index contributed by atoms with van der Waals surface area (Å²) in [6.45, 7) is 4.14. The molecule has 226 valence electrons. The molecule has 4 amide bonds. The van der Waals surface area contributed by atoms with Crippen molar-refractivity contribution in [2.45, 2.75) is 83.0 Å². The van der Waals surface area contributed by atoms with Gasteiger partial charge in [-0.05, 0) is 43.4 Å². The molecule has 1 aromatic carbocycles. The van der Waals surface area contributed by atoms with Gasteiger partial charge in [-0.15, -0.1) is 0 Å². The second kappa shape index (κ2) is 16.3. The fraction of sp³-hybridized carbons (Fsp3) is 0.536. The van der Waals surface area contributed by atoms with Gasteiger partial charge in [0, 0.05) is 29.9 Å². The number of carbonyl (C=O) groups is 5. The monoisotopic (exact) mass is 573 g/mol. The van der Waals surface area contributed by atoms with Crippen LogP contribution in [-0.4, -0.2) is 70.4 Å². The summed E-state index contributed by atoms with van der Waals surface area (Å²) in [5.74, 6) is -4.20. The van der Waals surface area contributed by atoms with Crippen molar-refractivity contribution in [2.75, 3.05) is 6.54 Å². The average molecular weight is 574 g/mol. The predicted molar refractivity (Wildman–Crippen MR) is 154 cm³/mol. The second-order valence-electron chi connectivity index (χ2n) is 10.3. The smallest absolute Gasteiger partial charge is 0.326 e. The first-order valence-electron chi connectivity index (χ1n) is 13.9. The van der Waals surface area contributed by atoms with Crippen molar-refractivity contribution < 1.29 is 29.1 Å². The van der Waals surface area contributed by atoms with E-state index in [2.05, 4.69) is 20.9 Å². The third-order valence-corrected chi connectivity index (χ3v) is 7.13. The number of carboxylic acids is 1. The third-order valence-electron chi connectivity index (χ3n) is 7.13. The molecule has 0 aliphatic rings. The number of fused-ring (bicyclic) bond motifs is 1. The van der Waals surface area contributed by atoms with Crippen molar-refractivity contribution in [3.05, 3.63) is 36.0 Å². The number of carbonyl (C=O) groups excluding carboxylic acids is 4. The van der Waals surface area contributed by atoms with E-state index in [4.69, 9.17) is 17.2 Å². The number of aliphatic carboxylic acids is 1. The Labute approximate surface area is 239 Å². The van der Waals surface area contributed by atoms with Crippen LogP contribution in [0.1, 0.15) is 57.9 Å². The molecular weight excluding hydrogens is 530 g/mol. The van der Waals surface area contributed by atoms with Crippen LogP contribution in [0.2, 0.25) is 0 Å². The number of unbranched alkanes of at least 4 members (excludes halogenated alkanes) is 1. The van der Waals surface area contributed by atoms with Gasteiger partial charge in [0.25, 0.3) is 0 Å². The number of amides is 4. The maximum atomic E-state index is 13.6. The lowest BCUT2D eigenvalue weighted by Gasteiger charge is -2.28. The van der Waals surface area contributed by atoms with Crippen LogP contribution in [0.25, 0.3) is 10.9 Å². The molecule has 13 heteroatoms. The highest BCUT2D eigenvalue weighted by Crippen LogP contribution is 2.20. The largest absolute Gasteiger partial charge is 0.480 e. The number of H-pyrrole nitrogens is 1. The lowest BCUT2D eigenvalue weighted by atomic mass is 9.96. The number of hydrogen-bond acceptors (Lipinski definition) is 7. The Morgan fingerprint density at radius 3 is 2.27 bits per heavy atom. The third kappa shape index (κ3) is 10.2. The van der Waals surface area contributed by atoms with Crippen molar-refractivity contribution in [2.24, 2.45) is 23.1 Å². The van der Waals surface area contributed by atoms with Gasteiger partial charge in [-0.3, -0.25) is 19.2 Å². The minimum atomic E-state index is -1.39. The van der Waals surface area contributed by atoms with Gasteiger partial charge in [0.2, 0.25) is 23.6 Å². The predicted octanol–water partition coefficient (Wildman–Crippen LogP) is 0.0173. The van der Waals surface area contributed by atoms with E-state index in [0.717, 1.165) is 22.9 Å². The molecule has 0 saturated heterocycles. The minimum Gasteiger partial charge on any atom is -0.480 e. The number of aromatic amines is 1. The summed E-state index contributed by atoms with van der Waals surface area (Å²) >= 11 is 0. The van der Waals surface area contributed by atoms with Crippen molar-refractivity contribution in [1.29, 1.82) is 0 Å². The van der Waals surface area contributed by atoms with Gasteiger partial charge in [0.1, 0.15) is 18.1 Å². The van der Waals surface area contributed by atoms with Crippen LogP contribution >= 0.6 is 0 Å². The fourth-order valence-corrected chi connectivity index (χ4v) is 4.41. The molecule has 11 N–H and O–H groups in total. The summed E-state index contributed by atoms with van der Waals surface area (Å²) in [4.78, 5) is 65.9. The number of rotatable bonds is 18. The zero-order chi connectivity index (χ0) is 30.5. The SMILES string of the molecule is CCC(C)C(NC(=O)C(N)CCCCN)C(=O)NC(Cc1c[nH]c2ccccc12)C(=O)NC(CCC(N)=O)C(=O)O. The van der Waals surface area contributed by atoms with Crippen LogP contribution in [0.15, 0.2) is 30.5 Å². The molecule has 2 aromatic rings. The minimum absolute atomic E-state index is 0.0313. The van der Waals surface area contributed by atoms with Gasteiger partial charge in [0.05, 0.1) is 6.04 Å². The molecule has 0 spiro atoms. The molecule has 1 heterocycles. The Morgan fingerprint density at radius 2 is 1.63 bits per heavy atom. The van der Waals surface area contributed by atoms with Gasteiger partial charge in [-0.2, -0.15) is 0 Å². The summed E-state index contributed by atoms with van der Waals surface area (Å²) < 4.78 is 0. The average Bonchev–Trinajstić information content (AvgIpc) is 3.35. The van der Waals surface area contributed by atoms with Crippen LogP contribution < -0.4 is 33.2 Å². The van der Waals surface area contributed by atoms with Crippen molar-refractivity contribution in [3.63, 3.8) is 0 Å². The summed E-state index contributed by atoms with van der Waals surface area (Å²) in [6, 6.07) is 3.01. The molecule has 0 bridgehead atoms. The Bertz CT molecular complexity index is 1200. The van der Waals surface area contributed by atoms with E-state index >= 15 is 0 Å². The van der Waals surface area contributed by atoms with Crippen LogP contribution in [0, 0.1) is 5.92 Å². The molecule has 0 fully saturated rings. The highest BCUT2D eigenvalue weighted by molar-refractivity contribution is 5.95. The maximum absolute atomic E-state index is 13.6. The number of benzene rings is 1. The van der Waals surface area contributed by atoms with Crippen LogP contribution in [0.4, 0.5) is 0 Å². The van der Waals surface area contributed by atoms with Crippen LogP contribution in [0.3, 0.4) is 0 Å². The fourth-order valence-electron chi connectivity index (χ4n) is 4.41. The Kier molecular flexibility index (Phi) is 13.2. The summed E-state index contributed by atoms with van der Waals surface area (Å²) in [6.07, 6.45) is 3.63. The lowest BCUT2D eigenvalue weighted by molar-refractivity contribution is -0.142. The van der Waals surface area contributed by atoms with Crippen molar-refractivity contribution in [1.82, 2.24) is 20.9 Å². The van der Waals surface area contributed by atoms with Gasteiger partial charge in [-0.1, -0.05) is 44.9 Å².